The highest BCUT2D eigenvalue weighted by molar-refractivity contribution is 7.89. The van der Waals surface area contributed by atoms with E-state index in [0.29, 0.717) is 6.54 Å². The Kier molecular flexibility index (Phi) is 5.62. The third-order valence-corrected chi connectivity index (χ3v) is 3.49. The van der Waals surface area contributed by atoms with Crippen molar-refractivity contribution in [2.75, 3.05) is 25.4 Å². The second kappa shape index (κ2) is 5.91. The first-order chi connectivity index (χ1) is 6.08. The van der Waals surface area contributed by atoms with E-state index in [-0.39, 0.29) is 25.3 Å². The van der Waals surface area contributed by atoms with Crippen molar-refractivity contribution in [2.24, 2.45) is 0 Å². The first-order valence-corrected chi connectivity index (χ1v) is 5.65. The smallest absolute Gasteiger partial charge is 0.216 e. The van der Waals surface area contributed by atoms with Gasteiger partial charge in [0.05, 0.1) is 18.4 Å². The van der Waals surface area contributed by atoms with Crippen molar-refractivity contribution in [1.29, 1.82) is 5.26 Å². The molecular formula is C7H14N2O3S. The van der Waals surface area contributed by atoms with E-state index < -0.39 is 10.0 Å². The van der Waals surface area contributed by atoms with Gasteiger partial charge in [-0.3, -0.25) is 0 Å². The van der Waals surface area contributed by atoms with Gasteiger partial charge >= 0.3 is 0 Å². The number of aliphatic hydroxyl groups is 1. The highest BCUT2D eigenvalue weighted by Crippen LogP contribution is 2.01. The molecule has 5 nitrogen and oxygen atoms in total. The summed E-state index contributed by atoms with van der Waals surface area (Å²) >= 11 is 0. The predicted molar refractivity (Wildman–Crippen MR) is 48.3 cm³/mol. The maximum absolute atomic E-state index is 11.3. The van der Waals surface area contributed by atoms with E-state index in [1.807, 2.05) is 6.07 Å². The van der Waals surface area contributed by atoms with Gasteiger partial charge < -0.3 is 5.11 Å². The van der Waals surface area contributed by atoms with Crippen molar-refractivity contribution in [2.45, 2.75) is 13.3 Å². The Balaban J connectivity index is 4.31. The van der Waals surface area contributed by atoms with Crippen LogP contribution < -0.4 is 0 Å². The second-order valence-electron chi connectivity index (χ2n) is 2.44. The normalized spacial score (nSPS) is 11.5. The summed E-state index contributed by atoms with van der Waals surface area (Å²) in [5.41, 5.74) is 0. The Labute approximate surface area is 78.6 Å². The second-order valence-corrected chi connectivity index (χ2v) is 4.53. The van der Waals surface area contributed by atoms with Crippen molar-refractivity contribution in [3.63, 3.8) is 0 Å². The molecular weight excluding hydrogens is 192 g/mol. The van der Waals surface area contributed by atoms with Gasteiger partial charge in [0.25, 0.3) is 0 Å². The van der Waals surface area contributed by atoms with Crippen LogP contribution in [0.2, 0.25) is 0 Å². The van der Waals surface area contributed by atoms with E-state index in [4.69, 9.17) is 10.4 Å². The van der Waals surface area contributed by atoms with Gasteiger partial charge in [-0.1, -0.05) is 6.92 Å². The van der Waals surface area contributed by atoms with E-state index in [0.717, 1.165) is 0 Å². The summed E-state index contributed by atoms with van der Waals surface area (Å²) in [6.07, 6.45) is 0.179. The van der Waals surface area contributed by atoms with Gasteiger partial charge in [0.15, 0.2) is 0 Å². The molecule has 0 aromatic heterocycles. The molecule has 0 amide bonds. The lowest BCUT2D eigenvalue weighted by Gasteiger charge is -2.18. The number of hydrogen-bond acceptors (Lipinski definition) is 4. The van der Waals surface area contributed by atoms with Crippen LogP contribution in [0.4, 0.5) is 0 Å². The van der Waals surface area contributed by atoms with Gasteiger partial charge in [0, 0.05) is 19.5 Å². The Bertz CT molecular complexity index is 268. The maximum Gasteiger partial charge on any atom is 0.216 e. The molecule has 0 bridgehead atoms. The summed E-state index contributed by atoms with van der Waals surface area (Å²) in [6, 6.07) is 1.88. The summed E-state index contributed by atoms with van der Waals surface area (Å²) in [4.78, 5) is 0. The van der Waals surface area contributed by atoms with Gasteiger partial charge in [-0.15, -0.1) is 0 Å². The van der Waals surface area contributed by atoms with E-state index >= 15 is 0 Å². The number of aliphatic hydroxyl groups excluding tert-OH is 1. The summed E-state index contributed by atoms with van der Waals surface area (Å²) in [5.74, 6) is -0.272. The zero-order valence-electron chi connectivity index (χ0n) is 7.60. The van der Waals surface area contributed by atoms with E-state index in [1.54, 1.807) is 6.92 Å². The number of sulfonamides is 1. The van der Waals surface area contributed by atoms with Crippen LogP contribution in [0.1, 0.15) is 13.3 Å². The van der Waals surface area contributed by atoms with Crippen LogP contribution in [-0.2, 0) is 10.0 Å². The van der Waals surface area contributed by atoms with Crippen LogP contribution in [0.15, 0.2) is 0 Å². The summed E-state index contributed by atoms with van der Waals surface area (Å²) < 4.78 is 23.8. The first-order valence-electron chi connectivity index (χ1n) is 4.04. The third-order valence-electron chi connectivity index (χ3n) is 1.57. The van der Waals surface area contributed by atoms with Gasteiger partial charge in [-0.25, -0.2) is 12.7 Å². The van der Waals surface area contributed by atoms with Crippen LogP contribution in [-0.4, -0.2) is 43.3 Å². The quantitative estimate of drug-likeness (QED) is 0.638. The molecule has 0 saturated carbocycles. The molecule has 6 heteroatoms. The molecule has 0 radical (unpaired) electrons. The molecule has 76 valence electrons. The first kappa shape index (κ1) is 12.4. The zero-order valence-corrected chi connectivity index (χ0v) is 8.42. The summed E-state index contributed by atoms with van der Waals surface area (Å²) in [6.45, 7) is 1.86. The van der Waals surface area contributed by atoms with Crippen LogP contribution in [0, 0.1) is 11.3 Å². The van der Waals surface area contributed by atoms with Gasteiger partial charge in [0.2, 0.25) is 10.0 Å². The lowest BCUT2D eigenvalue weighted by molar-refractivity contribution is 0.315. The number of hydrogen-bond donors (Lipinski definition) is 1. The molecule has 0 saturated heterocycles. The lowest BCUT2D eigenvalue weighted by Crippen LogP contribution is -2.34. The largest absolute Gasteiger partial charge is 0.395 e. The molecule has 0 atom stereocenters. The summed E-state index contributed by atoms with van der Waals surface area (Å²) in [5, 5.41) is 16.8. The molecule has 0 aliphatic rings. The Morgan fingerprint density at radius 2 is 2.15 bits per heavy atom. The number of nitriles is 1. The average molecular weight is 206 g/mol. The van der Waals surface area contributed by atoms with Gasteiger partial charge in [-0.2, -0.15) is 5.26 Å². The molecule has 13 heavy (non-hydrogen) atoms. The van der Waals surface area contributed by atoms with E-state index in [9.17, 15) is 8.42 Å². The fourth-order valence-electron chi connectivity index (χ4n) is 0.913. The monoisotopic (exact) mass is 206 g/mol. The highest BCUT2D eigenvalue weighted by atomic mass is 32.2. The Hall–Kier alpha value is -0.640. The molecule has 0 heterocycles. The van der Waals surface area contributed by atoms with Gasteiger partial charge in [0.1, 0.15) is 0 Å². The minimum Gasteiger partial charge on any atom is -0.395 e. The van der Waals surface area contributed by atoms with Crippen molar-refractivity contribution < 1.29 is 13.5 Å². The van der Waals surface area contributed by atoms with Crippen molar-refractivity contribution in [1.82, 2.24) is 4.31 Å². The van der Waals surface area contributed by atoms with Crippen molar-refractivity contribution in [3.8, 4) is 6.07 Å². The Morgan fingerprint density at radius 3 is 2.54 bits per heavy atom. The molecule has 0 spiro atoms. The van der Waals surface area contributed by atoms with Crippen LogP contribution in [0.3, 0.4) is 0 Å². The molecule has 0 aromatic rings. The summed E-state index contributed by atoms with van der Waals surface area (Å²) in [7, 11) is -3.36. The molecule has 0 aliphatic carbocycles. The highest BCUT2D eigenvalue weighted by Gasteiger charge is 2.18. The maximum atomic E-state index is 11.3. The van der Waals surface area contributed by atoms with Crippen LogP contribution in [0.5, 0.6) is 0 Å². The lowest BCUT2D eigenvalue weighted by atomic mass is 10.5. The zero-order chi connectivity index (χ0) is 10.3. The SMILES string of the molecule is CCN(CCC#N)S(=O)(=O)CCO. The predicted octanol–water partition coefficient (Wildman–Crippen LogP) is -0.456. The topological polar surface area (TPSA) is 81.4 Å². The average Bonchev–Trinajstić information content (AvgIpc) is 2.05. The Morgan fingerprint density at radius 1 is 1.54 bits per heavy atom. The van der Waals surface area contributed by atoms with Crippen molar-refractivity contribution in [3.05, 3.63) is 0 Å². The fraction of sp³-hybridized carbons (Fsp3) is 0.857. The number of rotatable bonds is 6. The molecule has 0 rings (SSSR count). The van der Waals surface area contributed by atoms with Gasteiger partial charge in [-0.05, 0) is 0 Å². The molecule has 0 aromatic carbocycles. The number of nitrogens with zero attached hydrogens (tertiary/aromatic N) is 2. The van der Waals surface area contributed by atoms with Crippen molar-refractivity contribution >= 4 is 10.0 Å². The standard InChI is InChI=1S/C7H14N2O3S/c1-2-9(5-3-4-8)13(11,12)7-6-10/h10H,2-3,5-7H2,1H3. The molecule has 0 aliphatic heterocycles. The molecule has 0 unspecified atom stereocenters. The fourth-order valence-corrected chi connectivity index (χ4v) is 2.16. The van der Waals surface area contributed by atoms with E-state index in [2.05, 4.69) is 0 Å². The third kappa shape index (κ3) is 4.22. The molecule has 0 fully saturated rings. The minimum absolute atomic E-state index is 0.179. The van der Waals surface area contributed by atoms with E-state index in [1.165, 1.54) is 4.31 Å². The minimum atomic E-state index is -3.36. The molecule has 1 N–H and O–H groups in total. The van der Waals surface area contributed by atoms with Crippen LogP contribution in [0.25, 0.3) is 0 Å². The van der Waals surface area contributed by atoms with Crippen LogP contribution >= 0.6 is 0 Å².